The van der Waals surface area contributed by atoms with E-state index >= 15 is 0 Å². The summed E-state index contributed by atoms with van der Waals surface area (Å²) in [5.41, 5.74) is 17.3. The predicted molar refractivity (Wildman–Crippen MR) is 387 cm³/mol. The summed E-state index contributed by atoms with van der Waals surface area (Å²) in [6.45, 7) is 31.4. The van der Waals surface area contributed by atoms with Crippen LogP contribution in [0.4, 0.5) is 11.4 Å². The summed E-state index contributed by atoms with van der Waals surface area (Å²) >= 11 is 0. The van der Waals surface area contributed by atoms with Gasteiger partial charge >= 0.3 is 11.9 Å². The van der Waals surface area contributed by atoms with Crippen LogP contribution in [0.2, 0.25) is 0 Å². The first kappa shape index (κ1) is 88.1. The average molecular weight is 1340 g/mol. The number of Topliss-reactive ketones (excluding diaryl/α,β-unsaturated/α-hetero) is 2. The number of hydrogen-bond acceptors (Lipinski definition) is 14. The number of ketones is 2. The number of nitrogens with two attached hydrogens (primary N) is 2. The number of benzene rings is 5. The van der Waals surface area contributed by atoms with E-state index in [1.165, 1.54) is 13.8 Å². The van der Waals surface area contributed by atoms with E-state index in [1.54, 1.807) is 13.8 Å². The molecule has 0 saturated carbocycles. The van der Waals surface area contributed by atoms with Crippen LogP contribution >= 0.6 is 0 Å². The average Bonchev–Trinajstić information content (AvgIpc) is 1.45. The molecule has 0 aliphatic heterocycles. The van der Waals surface area contributed by atoms with Crippen LogP contribution in [-0.4, -0.2) is 84.7 Å². The monoisotopic (exact) mass is 1340 g/mol. The van der Waals surface area contributed by atoms with Gasteiger partial charge in [0.25, 0.3) is 0 Å². The predicted octanol–water partition coefficient (Wildman–Crippen LogP) is 11.9. The molecule has 6 amide bonds. The van der Waals surface area contributed by atoms with Gasteiger partial charge in [0, 0.05) is 78.5 Å². The third kappa shape index (κ3) is 39.7. The first-order valence-corrected chi connectivity index (χ1v) is 33.6. The van der Waals surface area contributed by atoms with Gasteiger partial charge in [0.15, 0.2) is 11.6 Å². The third-order valence-corrected chi connectivity index (χ3v) is 15.9. The molecule has 0 aliphatic carbocycles. The van der Waals surface area contributed by atoms with E-state index in [-0.39, 0.29) is 101 Å². The Bertz CT molecular complexity index is 2970. The molecule has 0 radical (unpaired) electrons. The van der Waals surface area contributed by atoms with Gasteiger partial charge in [0.1, 0.15) is 25.8 Å². The highest BCUT2D eigenvalue weighted by Gasteiger charge is 2.27. The van der Waals surface area contributed by atoms with Gasteiger partial charge in [-0.15, -0.1) is 0 Å². The molecule has 5 aromatic rings. The summed E-state index contributed by atoms with van der Waals surface area (Å²) in [5.74, 6) is -1.73. The van der Waals surface area contributed by atoms with Crippen molar-refractivity contribution in [1.29, 1.82) is 0 Å². The summed E-state index contributed by atoms with van der Waals surface area (Å²) < 4.78 is 9.51. The molecular weight excluding hydrogens is 1230 g/mol. The molecule has 0 saturated heterocycles. The lowest BCUT2D eigenvalue weighted by atomic mass is 9.89. The Balaban J connectivity index is 0.00000115. The van der Waals surface area contributed by atoms with Crippen LogP contribution in [0.1, 0.15) is 177 Å². The molecule has 20 nitrogen and oxygen atoms in total. The molecule has 1 unspecified atom stereocenters. The maximum atomic E-state index is 12.1. The van der Waals surface area contributed by atoms with Crippen LogP contribution in [0, 0.1) is 34.5 Å². The number of nitrogens with one attached hydrogen (secondary N) is 6. The Hall–Kier alpha value is -8.88. The zero-order chi connectivity index (χ0) is 73.5. The molecule has 5 rings (SSSR count). The summed E-state index contributed by atoms with van der Waals surface area (Å²) in [6, 6.07) is 43.7. The number of carbonyl (C=O) groups is 10. The maximum absolute atomic E-state index is 12.1. The number of esters is 2. The number of ether oxygens (including phenoxy) is 2. The number of anilines is 2. The second-order valence-electron chi connectivity index (χ2n) is 25.0. The van der Waals surface area contributed by atoms with Gasteiger partial charge in [-0.1, -0.05) is 212 Å². The van der Waals surface area contributed by atoms with Crippen molar-refractivity contribution in [2.45, 2.75) is 188 Å². The van der Waals surface area contributed by atoms with Crippen LogP contribution in [0.15, 0.2) is 140 Å². The van der Waals surface area contributed by atoms with E-state index in [0.29, 0.717) is 45.4 Å². The molecule has 5 aromatic carbocycles. The summed E-state index contributed by atoms with van der Waals surface area (Å²) in [5, 5.41) is 16.8. The molecular formula is C77H114N8O12. The fourth-order valence-corrected chi connectivity index (χ4v) is 7.23. The summed E-state index contributed by atoms with van der Waals surface area (Å²) in [4.78, 5) is 114. The lowest BCUT2D eigenvalue weighted by molar-refractivity contribution is -0.151. The Morgan fingerprint density at radius 2 is 0.732 bits per heavy atom. The van der Waals surface area contributed by atoms with Crippen molar-refractivity contribution in [3.63, 3.8) is 0 Å². The molecule has 97 heavy (non-hydrogen) atoms. The second-order valence-corrected chi connectivity index (χ2v) is 25.0. The molecule has 0 spiro atoms. The molecule has 5 atom stereocenters. The largest absolute Gasteiger partial charge is 0.456 e. The van der Waals surface area contributed by atoms with Crippen LogP contribution < -0.4 is 43.4 Å². The minimum atomic E-state index is -0.789. The van der Waals surface area contributed by atoms with Gasteiger partial charge in [-0.2, -0.15) is 0 Å². The van der Waals surface area contributed by atoms with Crippen molar-refractivity contribution in [2.24, 2.45) is 46.0 Å². The number of carbonyl (C=O) groups excluding carboxylic acids is 10. The Morgan fingerprint density at radius 1 is 0.412 bits per heavy atom. The first-order valence-electron chi connectivity index (χ1n) is 33.6. The van der Waals surface area contributed by atoms with Crippen molar-refractivity contribution < 1.29 is 57.4 Å². The molecule has 10 N–H and O–H groups in total. The van der Waals surface area contributed by atoms with Crippen molar-refractivity contribution in [1.82, 2.24) is 21.3 Å². The van der Waals surface area contributed by atoms with E-state index in [2.05, 4.69) is 36.6 Å². The normalized spacial score (nSPS) is 12.0. The fourth-order valence-electron chi connectivity index (χ4n) is 7.23. The standard InChI is InChI=1S/C17H23NO4.2C13H20N2O.2C12H17NO.C10H17NO4/c1-4-12(2)16(20)18-15(17(21)22-11-13(3)19)10-14-8-6-5-7-9-14;2*1-4-13(2,3)12(16)15-11-7-5-10(9-14)6-8-11;2*1-3-10(2)12(14)13-9-11-7-5-4-6-8-11;1-4-7(2)10(14)11-5-9(13)15-6-8(3)12/h5-9,12,15H,4,10-11H2,1-3H3,(H,18,20);2*5-8H,4,9,14H2,1-3H3,(H,15,16);2*4-8,10H,3,9H2,1-2H3,(H,13,14);7H,4-6H2,1-3H3,(H,11,14)/t12-,15?;;;2*10-;7-/m0..000/s1. The van der Waals surface area contributed by atoms with Crippen LogP contribution in [0.5, 0.6) is 0 Å². The van der Waals surface area contributed by atoms with E-state index in [9.17, 15) is 47.9 Å². The van der Waals surface area contributed by atoms with Crippen LogP contribution in [0.3, 0.4) is 0 Å². The molecule has 0 aliphatic rings. The maximum Gasteiger partial charge on any atom is 0.329 e. The molecule has 20 heteroatoms. The van der Waals surface area contributed by atoms with Crippen LogP contribution in [-0.2, 0) is 90.0 Å². The first-order chi connectivity index (χ1) is 45.9. The molecule has 0 bridgehead atoms. The topological polar surface area (TPSA) is 313 Å². The number of rotatable bonds is 30. The summed E-state index contributed by atoms with van der Waals surface area (Å²) in [7, 11) is 0. The van der Waals surface area contributed by atoms with Crippen molar-refractivity contribution in [3.8, 4) is 0 Å². The van der Waals surface area contributed by atoms with E-state index in [1.807, 2.05) is 223 Å². The van der Waals surface area contributed by atoms with E-state index in [4.69, 9.17) is 16.2 Å². The lowest BCUT2D eigenvalue weighted by Gasteiger charge is -2.21. The zero-order valence-corrected chi connectivity index (χ0v) is 60.6. The number of hydrogen-bond donors (Lipinski definition) is 8. The minimum Gasteiger partial charge on any atom is -0.456 e. The van der Waals surface area contributed by atoms with Gasteiger partial charge in [-0.05, 0) is 104 Å². The van der Waals surface area contributed by atoms with Gasteiger partial charge in [-0.3, -0.25) is 43.2 Å². The van der Waals surface area contributed by atoms with Crippen LogP contribution in [0.25, 0.3) is 0 Å². The lowest BCUT2D eigenvalue weighted by Crippen LogP contribution is -2.45. The Morgan fingerprint density at radius 3 is 1.05 bits per heavy atom. The molecule has 0 heterocycles. The fraction of sp³-hybridized carbons (Fsp3) is 0.481. The minimum absolute atomic E-state index is 0.0514. The highest BCUT2D eigenvalue weighted by atomic mass is 16.5. The van der Waals surface area contributed by atoms with Gasteiger partial charge in [0.2, 0.25) is 35.4 Å². The zero-order valence-electron chi connectivity index (χ0n) is 60.6. The highest BCUT2D eigenvalue weighted by molar-refractivity contribution is 5.95. The molecule has 0 fully saturated rings. The second kappa shape index (κ2) is 49.6. The molecule has 534 valence electrons. The van der Waals surface area contributed by atoms with Gasteiger partial charge < -0.3 is 52.8 Å². The number of amides is 6. The third-order valence-electron chi connectivity index (χ3n) is 15.9. The van der Waals surface area contributed by atoms with Crippen molar-refractivity contribution >= 4 is 70.3 Å². The Kier molecular flexibility index (Phi) is 45.1. The van der Waals surface area contributed by atoms with Gasteiger partial charge in [-0.25, -0.2) is 4.79 Å². The SMILES string of the molecule is CCC(C)(C)C(=O)Nc1ccc(CN)cc1.CCC(C)(C)C(=O)Nc1ccc(CN)cc1.CC[C@H](C)C(=O)NC(Cc1ccccc1)C(=O)OCC(C)=O.CC[C@H](C)C(=O)NCC(=O)OCC(C)=O.CC[C@H](C)C(=O)NCc1ccccc1.CC[C@H](C)C(=O)NCc1ccccc1. The van der Waals surface area contributed by atoms with E-state index in [0.717, 1.165) is 64.9 Å². The summed E-state index contributed by atoms with van der Waals surface area (Å²) in [6.07, 6.45) is 5.15. The smallest absolute Gasteiger partial charge is 0.329 e. The van der Waals surface area contributed by atoms with E-state index < -0.39 is 18.0 Å². The van der Waals surface area contributed by atoms with Crippen molar-refractivity contribution in [2.75, 3.05) is 30.4 Å². The van der Waals surface area contributed by atoms with Gasteiger partial charge in [0.05, 0.1) is 0 Å². The highest BCUT2D eigenvalue weighted by Crippen LogP contribution is 2.24. The van der Waals surface area contributed by atoms with Crippen molar-refractivity contribution in [3.05, 3.63) is 167 Å². The quantitative estimate of drug-likeness (QED) is 0.0198. The Labute approximate surface area is 578 Å². The molecule has 0 aromatic heterocycles.